The van der Waals surface area contributed by atoms with Gasteiger partial charge in [-0.25, -0.2) is 0 Å². The van der Waals surface area contributed by atoms with E-state index in [9.17, 15) is 24.9 Å². The summed E-state index contributed by atoms with van der Waals surface area (Å²) in [5, 5.41) is 45.2. The lowest BCUT2D eigenvalue weighted by Gasteiger charge is -2.08. The quantitative estimate of drug-likeness (QED) is 0.0138. The molecule has 0 aliphatic heterocycles. The average Bonchev–Trinajstić information content (AvgIpc) is 0.932. The zero-order valence-electron chi connectivity index (χ0n) is 70.6. The minimum absolute atomic E-state index is 0.0920. The second-order valence-corrected chi connectivity index (χ2v) is 35.4. The summed E-state index contributed by atoms with van der Waals surface area (Å²) in [7, 11) is 1.98. The van der Waals surface area contributed by atoms with E-state index in [1.54, 1.807) is 62.8 Å². The highest BCUT2D eigenvalue weighted by Crippen LogP contribution is 2.25. The van der Waals surface area contributed by atoms with Crippen LogP contribution < -0.4 is 9.47 Å². The van der Waals surface area contributed by atoms with Gasteiger partial charge >= 0.3 is 0 Å². The highest BCUT2D eigenvalue weighted by Gasteiger charge is 2.09. The van der Waals surface area contributed by atoms with E-state index in [0.29, 0.717) is 11.3 Å². The van der Waals surface area contributed by atoms with Crippen molar-refractivity contribution < 1.29 is 54.1 Å². The summed E-state index contributed by atoms with van der Waals surface area (Å²) < 4.78 is 22.9. The SMILES string of the molecule is C#CC(C#Cc1ccc(OCOC)cc1)c1ccc(C)cc1.C#CC(O)c1ccc(C)cc1.C=CC(/C=C\c1ccc(O)cc1)c1ccc(O)cc1.C=CC(/C=C\c1ccc(OCOC)cc1)c1ccc(C)cc1.Cc1ccc(C#C[Si](C)(C)C)cc1.Cc1ccc(C=O)cc1.Cc1ccc(I)cc1.O=Cc1ccc(O)cc1.Oc1ccc(I)cc1. The van der Waals surface area contributed by atoms with Gasteiger partial charge in [0.1, 0.15) is 67.2 Å². The molecule has 0 bridgehead atoms. The Morgan fingerprint density at radius 3 is 1.00 bits per heavy atom. The lowest BCUT2D eigenvalue weighted by molar-refractivity contribution is 0.0509. The number of hydrogen-bond acceptors (Lipinski definition) is 11. The molecule has 0 aliphatic rings. The minimum atomic E-state index is -1.21. The van der Waals surface area contributed by atoms with E-state index >= 15 is 0 Å². The second-order valence-electron chi connectivity index (χ2n) is 28.2. The van der Waals surface area contributed by atoms with Crippen LogP contribution in [0.15, 0.2) is 329 Å². The summed E-state index contributed by atoms with van der Waals surface area (Å²) in [6, 6.07) is 91.2. The van der Waals surface area contributed by atoms with E-state index in [1.165, 1.54) is 49.1 Å². The average molecular weight is 1850 g/mol. The maximum absolute atomic E-state index is 10.1. The van der Waals surface area contributed by atoms with Gasteiger partial charge in [-0.15, -0.1) is 31.5 Å². The number of hydrogen-bond donors (Lipinski definition) is 5. The van der Waals surface area contributed by atoms with Gasteiger partial charge in [-0.05, 0) is 254 Å². The summed E-state index contributed by atoms with van der Waals surface area (Å²) in [6.45, 7) is 27.4. The molecular formula is C107H108I2O11Si. The third-order valence-corrected chi connectivity index (χ3v) is 19.1. The maximum Gasteiger partial charge on any atom is 0.188 e. The summed E-state index contributed by atoms with van der Waals surface area (Å²) >= 11 is 4.48. The predicted molar refractivity (Wildman–Crippen MR) is 520 cm³/mol. The number of aldehydes is 2. The van der Waals surface area contributed by atoms with Crippen molar-refractivity contribution in [1.29, 1.82) is 0 Å². The van der Waals surface area contributed by atoms with E-state index in [-0.39, 0.29) is 48.6 Å². The standard InChI is InChI=1S/C20H22O2.C20H18O2.C17H16O2.C12H16Si.C10H10O.C8H8O.C7H7I.C7H6O2.C6H5IO/c2*1-4-18(19-10-5-16(2)6-11-19)12-7-17-8-13-20(14-9-17)22-15-21-3;1-2-14(15-7-11-17(19)12-8-15)6-3-13-4-9-16(18)10-5-13;1-11-5-7-12(8-6-11)9-10-13(2,3)4;1-3-10(11)9-6-4-8(2)5-7-9;1-7-2-4-8(6-9)5-3-7;1-6-2-4-7(8)5-3-6;8-5-6-1-3-7(9)4-2-6;7-5-1-3-6(8)4-2-5/h4-14,18H,1,15H2,2-3H3;1,5-6,8-11,13-14,18H,15H2,2-3H3;2-12,14,18-19H,1H2;5-8H,1-4H3;1,4-7,10-11H,2H3;2-6H,1H3;2-5H,1H3;1-5,9H;1-4,8H/b12-7-;;6-3-;;;;;;. The molecule has 0 fully saturated rings. The van der Waals surface area contributed by atoms with Crippen molar-refractivity contribution >= 4 is 78.0 Å². The number of aliphatic hydroxyl groups excluding tert-OH is 1. The number of aryl methyl sites for hydroxylation is 6. The number of terminal acetylenes is 2. The Morgan fingerprint density at radius 1 is 0.380 bits per heavy atom. The summed E-state index contributed by atoms with van der Waals surface area (Å²) in [5.41, 5.74) is 20.4. The normalized spacial score (nSPS) is 10.9. The van der Waals surface area contributed by atoms with Crippen molar-refractivity contribution in [2.45, 2.75) is 85.0 Å². The molecule has 0 aliphatic carbocycles. The van der Waals surface area contributed by atoms with Crippen LogP contribution in [-0.4, -0.2) is 74.0 Å². The van der Waals surface area contributed by atoms with Crippen LogP contribution >= 0.6 is 45.2 Å². The molecule has 0 aromatic heterocycles. The van der Waals surface area contributed by atoms with E-state index in [0.717, 1.165) is 77.7 Å². The Hall–Kier alpha value is -12.5. The van der Waals surface area contributed by atoms with Crippen LogP contribution in [0.1, 0.15) is 122 Å². The van der Waals surface area contributed by atoms with Crippen LogP contribution in [0.25, 0.3) is 12.2 Å². The zero-order chi connectivity index (χ0) is 88.7. The van der Waals surface area contributed by atoms with Gasteiger partial charge in [0, 0.05) is 55.4 Å². The molecule has 4 atom stereocenters. The molecule has 0 saturated heterocycles. The maximum atomic E-state index is 10.1. The smallest absolute Gasteiger partial charge is 0.188 e. The number of allylic oxidation sites excluding steroid dienone is 4. The molecule has 0 radical (unpaired) electrons. The second kappa shape index (κ2) is 57.6. The molecule has 121 heavy (non-hydrogen) atoms. The van der Waals surface area contributed by atoms with E-state index in [2.05, 4.69) is 219 Å². The Balaban J connectivity index is 0.000000293. The molecular weight excluding hydrogens is 1740 g/mol. The fourth-order valence-corrected chi connectivity index (χ4v) is 11.0. The van der Waals surface area contributed by atoms with Crippen LogP contribution in [0.3, 0.4) is 0 Å². The molecule has 12 aromatic carbocycles. The first kappa shape index (κ1) is 101. The van der Waals surface area contributed by atoms with Gasteiger partial charge in [0.15, 0.2) is 13.6 Å². The van der Waals surface area contributed by atoms with Crippen molar-refractivity contribution in [3.8, 4) is 82.5 Å². The van der Waals surface area contributed by atoms with Gasteiger partial charge < -0.3 is 44.5 Å². The number of ether oxygens (including phenoxy) is 4. The highest BCUT2D eigenvalue weighted by atomic mass is 127. The van der Waals surface area contributed by atoms with Crippen LogP contribution in [0, 0.1) is 96.7 Å². The highest BCUT2D eigenvalue weighted by molar-refractivity contribution is 14.1. The lowest BCUT2D eigenvalue weighted by atomic mass is 9.97. The zero-order valence-corrected chi connectivity index (χ0v) is 75.9. The first-order valence-corrected chi connectivity index (χ1v) is 44.2. The van der Waals surface area contributed by atoms with Crippen molar-refractivity contribution in [2.75, 3.05) is 27.8 Å². The number of methoxy groups -OCH3 is 2. The fraction of sp³-hybridized carbons (Fsp3) is 0.159. The molecule has 0 amide bonds. The van der Waals surface area contributed by atoms with Crippen molar-refractivity contribution in [3.63, 3.8) is 0 Å². The summed E-state index contributed by atoms with van der Waals surface area (Å²) in [6.07, 6.45) is 23.5. The predicted octanol–water partition coefficient (Wildman–Crippen LogP) is 25.3. The van der Waals surface area contributed by atoms with Gasteiger partial charge in [0.05, 0.1) is 0 Å². The number of benzene rings is 12. The lowest BCUT2D eigenvalue weighted by Crippen LogP contribution is -2.16. The summed E-state index contributed by atoms with van der Waals surface area (Å²) in [4.78, 5) is 20.2. The molecule has 0 spiro atoms. The molecule has 620 valence electrons. The van der Waals surface area contributed by atoms with E-state index < -0.39 is 14.2 Å². The number of phenolic OH excluding ortho intramolecular Hbond substituents is 4. The molecule has 0 heterocycles. The van der Waals surface area contributed by atoms with Crippen LogP contribution in [0.5, 0.6) is 34.5 Å². The molecule has 5 N–H and O–H groups in total. The molecule has 0 saturated carbocycles. The Bertz CT molecular complexity index is 5130. The minimum Gasteiger partial charge on any atom is -0.508 e. The largest absolute Gasteiger partial charge is 0.508 e. The Morgan fingerprint density at radius 2 is 0.661 bits per heavy atom. The van der Waals surface area contributed by atoms with Gasteiger partial charge in [-0.3, -0.25) is 9.59 Å². The fourth-order valence-electron chi connectivity index (χ4n) is 9.76. The van der Waals surface area contributed by atoms with Crippen LogP contribution in [-0.2, 0) is 9.47 Å². The molecule has 12 rings (SSSR count). The third-order valence-electron chi connectivity index (χ3n) is 16.8. The van der Waals surface area contributed by atoms with Gasteiger partial charge in [0.25, 0.3) is 0 Å². The molecule has 12 aromatic rings. The summed E-state index contributed by atoms with van der Waals surface area (Å²) in [5.74, 6) is 17.1. The number of phenols is 4. The van der Waals surface area contributed by atoms with Crippen LogP contribution in [0.4, 0.5) is 0 Å². The van der Waals surface area contributed by atoms with Crippen molar-refractivity contribution in [2.24, 2.45) is 0 Å². The number of carbonyl (C=O) groups is 2. The van der Waals surface area contributed by atoms with Gasteiger partial charge in [-0.2, -0.15) is 0 Å². The monoisotopic (exact) mass is 1850 g/mol. The number of aliphatic hydroxyl groups is 1. The number of carbonyl (C=O) groups excluding carboxylic acids is 2. The van der Waals surface area contributed by atoms with Crippen molar-refractivity contribution in [3.05, 3.63) is 425 Å². The van der Waals surface area contributed by atoms with Crippen LogP contribution in [0.2, 0.25) is 19.6 Å². The topological polar surface area (TPSA) is 172 Å². The Labute approximate surface area is 746 Å². The molecule has 14 heteroatoms. The third kappa shape index (κ3) is 44.2. The molecule has 11 nitrogen and oxygen atoms in total. The van der Waals surface area contributed by atoms with Crippen molar-refractivity contribution in [1.82, 2.24) is 0 Å². The number of halogens is 2. The number of rotatable bonds is 18. The first-order valence-electron chi connectivity index (χ1n) is 38.6. The van der Waals surface area contributed by atoms with Gasteiger partial charge in [-0.1, -0.05) is 277 Å². The molecule has 4 unspecified atom stereocenters. The Kier molecular flexibility index (Phi) is 48.0. The van der Waals surface area contributed by atoms with E-state index in [4.69, 9.17) is 42.0 Å². The van der Waals surface area contributed by atoms with E-state index in [1.807, 2.05) is 203 Å². The first-order chi connectivity index (χ1) is 58.1. The number of aromatic hydroxyl groups is 4. The van der Waals surface area contributed by atoms with Gasteiger partial charge in [0.2, 0.25) is 0 Å².